The second-order valence-electron chi connectivity index (χ2n) is 5.28. The van der Waals surface area contributed by atoms with Gasteiger partial charge in [-0.1, -0.05) is 6.92 Å². The van der Waals surface area contributed by atoms with Crippen LogP contribution in [0.15, 0.2) is 21.9 Å². The molecule has 1 aliphatic rings. The molecule has 9 nitrogen and oxygen atoms in total. The van der Waals surface area contributed by atoms with Crippen molar-refractivity contribution in [3.05, 3.63) is 33.1 Å². The second kappa shape index (κ2) is 7.39. The number of aliphatic carboxylic acids is 1. The minimum absolute atomic E-state index is 0.277. The van der Waals surface area contributed by atoms with Crippen molar-refractivity contribution in [1.29, 1.82) is 0 Å². The quantitative estimate of drug-likeness (QED) is 0.693. The number of hydrogen-bond acceptors (Lipinski definition) is 6. The van der Waals surface area contributed by atoms with Gasteiger partial charge in [-0.25, -0.2) is 9.18 Å². The van der Waals surface area contributed by atoms with Gasteiger partial charge in [-0.3, -0.25) is 23.9 Å². The summed E-state index contributed by atoms with van der Waals surface area (Å²) in [6.07, 6.45) is -4.73. The lowest BCUT2D eigenvalue weighted by Gasteiger charge is -2.21. The zero-order valence-corrected chi connectivity index (χ0v) is 12.8. The molecule has 1 unspecified atom stereocenters. The standard InChI is InChI=1S/C14H17FN2O7/c1-2-7-11(15)12(24-10(21)4-3-9(19)20)13(23-7)17-6-5-8(18)16-14(17)22/h5-7,11-13H,2-4H2,1H3,(H,19,20)(H,16,18,22)/t7-,11?,12+,13-/m1/s1. The van der Waals surface area contributed by atoms with Crippen LogP contribution in [-0.2, 0) is 19.1 Å². The van der Waals surface area contributed by atoms with Gasteiger partial charge in [-0.15, -0.1) is 0 Å². The first-order valence-corrected chi connectivity index (χ1v) is 7.35. The van der Waals surface area contributed by atoms with E-state index < -0.39 is 60.6 Å². The van der Waals surface area contributed by atoms with Gasteiger partial charge < -0.3 is 14.6 Å². The van der Waals surface area contributed by atoms with Crippen LogP contribution in [0.5, 0.6) is 0 Å². The molecule has 0 bridgehead atoms. The molecular formula is C14H17FN2O7. The molecule has 2 heterocycles. The molecule has 0 aromatic carbocycles. The summed E-state index contributed by atoms with van der Waals surface area (Å²) in [6.45, 7) is 1.67. The van der Waals surface area contributed by atoms with Gasteiger partial charge in [0.25, 0.3) is 5.56 Å². The van der Waals surface area contributed by atoms with E-state index in [4.69, 9.17) is 14.6 Å². The number of H-pyrrole nitrogens is 1. The Bertz CT molecular complexity index is 728. The summed E-state index contributed by atoms with van der Waals surface area (Å²) >= 11 is 0. The number of hydrogen-bond donors (Lipinski definition) is 2. The van der Waals surface area contributed by atoms with Crippen LogP contribution in [0.2, 0.25) is 0 Å². The van der Waals surface area contributed by atoms with Crippen molar-refractivity contribution in [2.45, 2.75) is 50.8 Å². The summed E-state index contributed by atoms with van der Waals surface area (Å²) in [5.41, 5.74) is -1.46. The van der Waals surface area contributed by atoms with Crippen molar-refractivity contribution in [2.75, 3.05) is 0 Å². The molecule has 10 heteroatoms. The minimum atomic E-state index is -1.69. The van der Waals surface area contributed by atoms with Crippen molar-refractivity contribution in [3.63, 3.8) is 0 Å². The van der Waals surface area contributed by atoms with Gasteiger partial charge in [0.05, 0.1) is 18.9 Å². The number of carbonyl (C=O) groups excluding carboxylic acids is 1. The van der Waals surface area contributed by atoms with Crippen molar-refractivity contribution in [1.82, 2.24) is 9.55 Å². The van der Waals surface area contributed by atoms with Gasteiger partial charge in [-0.05, 0) is 6.42 Å². The van der Waals surface area contributed by atoms with E-state index in [1.807, 2.05) is 4.98 Å². The molecule has 0 saturated carbocycles. The van der Waals surface area contributed by atoms with Gasteiger partial charge in [0.1, 0.15) is 0 Å². The van der Waals surface area contributed by atoms with Crippen molar-refractivity contribution < 1.29 is 28.6 Å². The van der Waals surface area contributed by atoms with Crippen LogP contribution in [0, 0.1) is 0 Å². The Balaban J connectivity index is 2.23. The molecule has 1 saturated heterocycles. The number of nitrogens with one attached hydrogen (secondary N) is 1. The molecule has 0 radical (unpaired) electrons. The smallest absolute Gasteiger partial charge is 0.330 e. The highest BCUT2D eigenvalue weighted by Crippen LogP contribution is 2.34. The highest BCUT2D eigenvalue weighted by molar-refractivity contribution is 5.76. The number of carboxylic acids is 1. The number of rotatable bonds is 6. The summed E-state index contributed by atoms with van der Waals surface area (Å²) in [4.78, 5) is 47.2. The molecule has 2 rings (SSSR count). The number of esters is 1. The van der Waals surface area contributed by atoms with Crippen LogP contribution >= 0.6 is 0 Å². The molecule has 24 heavy (non-hydrogen) atoms. The Morgan fingerprint density at radius 1 is 1.42 bits per heavy atom. The summed E-state index contributed by atoms with van der Waals surface area (Å²) < 4.78 is 25.8. The molecule has 1 aliphatic heterocycles. The fraction of sp³-hybridized carbons (Fsp3) is 0.571. The van der Waals surface area contributed by atoms with Crippen molar-refractivity contribution in [3.8, 4) is 0 Å². The molecule has 0 amide bonds. The molecule has 4 atom stereocenters. The zero-order chi connectivity index (χ0) is 17.9. The number of alkyl halides is 1. The lowest BCUT2D eigenvalue weighted by Crippen LogP contribution is -2.38. The van der Waals surface area contributed by atoms with E-state index in [1.54, 1.807) is 6.92 Å². The molecule has 1 aromatic rings. The monoisotopic (exact) mass is 344 g/mol. The third-order valence-electron chi connectivity index (χ3n) is 3.60. The molecular weight excluding hydrogens is 327 g/mol. The van der Waals surface area contributed by atoms with Crippen LogP contribution in [0.3, 0.4) is 0 Å². The van der Waals surface area contributed by atoms with E-state index in [9.17, 15) is 23.6 Å². The maximum Gasteiger partial charge on any atom is 0.330 e. The first-order valence-electron chi connectivity index (χ1n) is 7.35. The third-order valence-corrected chi connectivity index (χ3v) is 3.60. The third kappa shape index (κ3) is 3.88. The van der Waals surface area contributed by atoms with E-state index >= 15 is 0 Å². The van der Waals surface area contributed by atoms with Crippen LogP contribution in [-0.4, -0.2) is 45.0 Å². The van der Waals surface area contributed by atoms with Crippen LogP contribution in [0.25, 0.3) is 0 Å². The molecule has 0 spiro atoms. The van der Waals surface area contributed by atoms with Gasteiger partial charge in [0.15, 0.2) is 18.5 Å². The number of carboxylic acid groups (broad SMARTS) is 1. The number of nitrogens with zero attached hydrogens (tertiary/aromatic N) is 1. The summed E-state index contributed by atoms with van der Waals surface area (Å²) in [5, 5.41) is 8.56. The topological polar surface area (TPSA) is 128 Å². The summed E-state index contributed by atoms with van der Waals surface area (Å²) in [6, 6.07) is 1.06. The van der Waals surface area contributed by atoms with E-state index in [0.717, 1.165) is 16.8 Å². The minimum Gasteiger partial charge on any atom is -0.481 e. The maximum absolute atomic E-state index is 14.5. The highest BCUT2D eigenvalue weighted by atomic mass is 19.1. The average Bonchev–Trinajstić information content (AvgIpc) is 2.82. The van der Waals surface area contributed by atoms with Crippen LogP contribution in [0.4, 0.5) is 4.39 Å². The van der Waals surface area contributed by atoms with Crippen LogP contribution < -0.4 is 11.2 Å². The summed E-state index contributed by atoms with van der Waals surface area (Å²) in [5.74, 6) is -2.10. The predicted molar refractivity (Wildman–Crippen MR) is 77.2 cm³/mol. The lowest BCUT2D eigenvalue weighted by atomic mass is 10.1. The normalized spacial score (nSPS) is 26.2. The maximum atomic E-state index is 14.5. The van der Waals surface area contributed by atoms with Gasteiger partial charge in [0.2, 0.25) is 0 Å². The zero-order valence-electron chi connectivity index (χ0n) is 12.8. The molecule has 0 aliphatic carbocycles. The Hall–Kier alpha value is -2.49. The fourth-order valence-electron chi connectivity index (χ4n) is 2.42. The van der Waals surface area contributed by atoms with E-state index in [0.29, 0.717) is 0 Å². The summed E-state index contributed by atoms with van der Waals surface area (Å²) in [7, 11) is 0. The van der Waals surface area contributed by atoms with Gasteiger partial charge in [0, 0.05) is 12.3 Å². The van der Waals surface area contributed by atoms with Crippen LogP contribution in [0.1, 0.15) is 32.4 Å². The van der Waals surface area contributed by atoms with E-state index in [1.165, 1.54) is 0 Å². The predicted octanol–water partition coefficient (Wildman–Crippen LogP) is -0.0413. The van der Waals surface area contributed by atoms with Gasteiger partial charge in [-0.2, -0.15) is 0 Å². The second-order valence-corrected chi connectivity index (χ2v) is 5.28. The SMILES string of the molecule is CC[C@H]1O[C@@H](n2ccc(=O)[nH]c2=O)[C@@H](OC(=O)CCC(=O)O)C1F. The highest BCUT2D eigenvalue weighted by Gasteiger charge is 2.48. The number of aromatic nitrogens is 2. The van der Waals surface area contributed by atoms with E-state index in [2.05, 4.69) is 0 Å². The number of carbonyl (C=O) groups is 2. The Kier molecular flexibility index (Phi) is 5.50. The van der Waals surface area contributed by atoms with E-state index in [-0.39, 0.29) is 6.42 Å². The Morgan fingerprint density at radius 2 is 2.12 bits per heavy atom. The molecule has 132 valence electrons. The average molecular weight is 344 g/mol. The number of ether oxygens (including phenoxy) is 2. The Morgan fingerprint density at radius 3 is 2.71 bits per heavy atom. The first kappa shape index (κ1) is 17.9. The molecule has 2 N–H and O–H groups in total. The van der Waals surface area contributed by atoms with Crippen molar-refractivity contribution in [2.24, 2.45) is 0 Å². The van der Waals surface area contributed by atoms with Gasteiger partial charge >= 0.3 is 17.6 Å². The Labute approximate surface area is 135 Å². The fourth-order valence-corrected chi connectivity index (χ4v) is 2.42. The molecule has 1 fully saturated rings. The number of aromatic amines is 1. The largest absolute Gasteiger partial charge is 0.481 e. The first-order chi connectivity index (χ1) is 11.3. The molecule has 1 aromatic heterocycles. The van der Waals surface area contributed by atoms with Crippen molar-refractivity contribution >= 4 is 11.9 Å². The number of halogens is 1. The lowest BCUT2D eigenvalue weighted by molar-refractivity contribution is -0.159.